The van der Waals surface area contributed by atoms with Crippen LogP contribution in [0.3, 0.4) is 0 Å². The lowest BCUT2D eigenvalue weighted by Gasteiger charge is -2.47. The summed E-state index contributed by atoms with van der Waals surface area (Å²) in [7, 11) is 0. The molecule has 0 amide bonds. The summed E-state index contributed by atoms with van der Waals surface area (Å²) in [4.78, 5) is 0. The topological polar surface area (TPSA) is 228 Å². The third kappa shape index (κ3) is 5.02. The van der Waals surface area contributed by atoms with Crippen LogP contribution in [0.25, 0.3) is 0 Å². The Morgan fingerprint density at radius 2 is 1.29 bits per heavy atom. The van der Waals surface area contributed by atoms with Gasteiger partial charge in [-0.05, 0) is 6.92 Å². The van der Waals surface area contributed by atoms with Gasteiger partial charge in [-0.3, -0.25) is 0 Å². The van der Waals surface area contributed by atoms with Gasteiger partial charge in [-0.2, -0.15) is 0 Å². The second-order valence-corrected chi connectivity index (χ2v) is 7.87. The fourth-order valence-electron chi connectivity index (χ4n) is 3.75. The van der Waals surface area contributed by atoms with Crippen LogP contribution in [0.1, 0.15) is 6.92 Å². The minimum absolute atomic E-state index is 0.365. The van der Waals surface area contributed by atoms with E-state index in [4.69, 9.17) is 23.7 Å². The van der Waals surface area contributed by atoms with Gasteiger partial charge in [-0.1, -0.05) is 0 Å². The molecule has 3 fully saturated rings. The quantitative estimate of drug-likeness (QED) is 0.187. The van der Waals surface area contributed by atoms with Crippen LogP contribution in [0.5, 0.6) is 0 Å². The first-order valence-corrected chi connectivity index (χ1v) is 9.85. The largest absolute Gasteiger partial charge is 0.394 e. The maximum Gasteiger partial charge on any atom is 0.187 e. The van der Waals surface area contributed by atoms with Crippen LogP contribution >= 0.6 is 0 Å². The summed E-state index contributed by atoms with van der Waals surface area (Å²) in [6.07, 6.45) is -21.1. The molecule has 3 heterocycles. The molecule has 0 unspecified atom stereocenters. The van der Waals surface area contributed by atoms with Gasteiger partial charge in [0.1, 0.15) is 61.0 Å². The van der Waals surface area contributed by atoms with Crippen molar-refractivity contribution in [2.24, 2.45) is 0 Å². The fraction of sp³-hybridized carbons (Fsp3) is 1.00. The SMILES string of the molecule is C[C@@H]1O[C@H](O)[C@H](O)[C@H](O)[C@H]1O[C@H]1O[C@@H](CO)[C@H](O[C@@H]2OC[C@@H](O)[C@H](O)[C@@H]2O)[C@@H](O)[C@@H]1O. The molecule has 9 N–H and O–H groups in total. The molecule has 3 saturated heterocycles. The molecule has 0 saturated carbocycles. The van der Waals surface area contributed by atoms with Crippen LogP contribution in [0.4, 0.5) is 0 Å². The van der Waals surface area contributed by atoms with E-state index in [-0.39, 0.29) is 6.61 Å². The molecule has 0 bridgehead atoms. The molecule has 3 aliphatic heterocycles. The molecular formula is C17H30O14. The highest BCUT2D eigenvalue weighted by molar-refractivity contribution is 4.94. The Balaban J connectivity index is 1.68. The Labute approximate surface area is 176 Å². The number of rotatable bonds is 5. The van der Waals surface area contributed by atoms with Crippen LogP contribution in [0.2, 0.25) is 0 Å². The monoisotopic (exact) mass is 458 g/mol. The zero-order valence-electron chi connectivity index (χ0n) is 16.6. The van der Waals surface area contributed by atoms with Gasteiger partial charge in [0.15, 0.2) is 18.9 Å². The number of aliphatic hydroxyl groups is 9. The van der Waals surface area contributed by atoms with E-state index >= 15 is 0 Å². The van der Waals surface area contributed by atoms with E-state index in [1.54, 1.807) is 0 Å². The first-order chi connectivity index (χ1) is 14.6. The van der Waals surface area contributed by atoms with Crippen molar-refractivity contribution in [1.82, 2.24) is 0 Å². The number of ether oxygens (including phenoxy) is 5. The average molecular weight is 458 g/mol. The summed E-state index contributed by atoms with van der Waals surface area (Å²) < 4.78 is 26.5. The van der Waals surface area contributed by atoms with Gasteiger partial charge in [0.05, 0.1) is 19.3 Å². The summed E-state index contributed by atoms with van der Waals surface area (Å²) in [6, 6.07) is 0. The predicted molar refractivity (Wildman–Crippen MR) is 93.8 cm³/mol. The van der Waals surface area contributed by atoms with Crippen molar-refractivity contribution in [2.75, 3.05) is 13.2 Å². The van der Waals surface area contributed by atoms with Gasteiger partial charge in [0, 0.05) is 0 Å². The van der Waals surface area contributed by atoms with E-state index in [1.807, 2.05) is 0 Å². The summed E-state index contributed by atoms with van der Waals surface area (Å²) in [5.74, 6) is 0. The normalized spacial score (nSPS) is 54.0. The van der Waals surface area contributed by atoms with Crippen LogP contribution in [-0.4, -0.2) is 145 Å². The first kappa shape index (κ1) is 25.1. The minimum atomic E-state index is -1.77. The molecule has 31 heavy (non-hydrogen) atoms. The van der Waals surface area contributed by atoms with Gasteiger partial charge in [-0.25, -0.2) is 0 Å². The molecule has 3 rings (SSSR count). The van der Waals surface area contributed by atoms with Gasteiger partial charge in [-0.15, -0.1) is 0 Å². The van der Waals surface area contributed by atoms with Crippen molar-refractivity contribution in [3.05, 3.63) is 0 Å². The molecule has 3 aliphatic rings. The van der Waals surface area contributed by atoms with Crippen molar-refractivity contribution in [2.45, 2.75) is 92.9 Å². The van der Waals surface area contributed by atoms with E-state index in [0.717, 1.165) is 0 Å². The van der Waals surface area contributed by atoms with E-state index in [9.17, 15) is 46.0 Å². The number of hydrogen-bond donors (Lipinski definition) is 9. The Kier molecular flexibility index (Phi) is 8.21. The molecular weight excluding hydrogens is 428 g/mol. The van der Waals surface area contributed by atoms with E-state index in [1.165, 1.54) is 6.92 Å². The van der Waals surface area contributed by atoms with Crippen molar-refractivity contribution in [3.63, 3.8) is 0 Å². The smallest absolute Gasteiger partial charge is 0.187 e. The van der Waals surface area contributed by atoms with Gasteiger partial charge < -0.3 is 69.6 Å². The second-order valence-electron chi connectivity index (χ2n) is 7.87. The molecule has 14 nitrogen and oxygen atoms in total. The summed E-state index contributed by atoms with van der Waals surface area (Å²) >= 11 is 0. The van der Waals surface area contributed by atoms with Crippen LogP contribution in [0, 0.1) is 0 Å². The zero-order chi connectivity index (χ0) is 23.0. The van der Waals surface area contributed by atoms with E-state index in [0.29, 0.717) is 0 Å². The molecule has 14 atom stereocenters. The van der Waals surface area contributed by atoms with Crippen molar-refractivity contribution < 1.29 is 69.6 Å². The summed E-state index contributed by atoms with van der Waals surface area (Å²) in [6.45, 7) is 0.352. The zero-order valence-corrected chi connectivity index (χ0v) is 16.6. The Morgan fingerprint density at radius 1 is 0.710 bits per heavy atom. The molecule has 182 valence electrons. The standard InChI is InChI=1S/C17H30O14/c1-4-13(8(21)10(23)15(26)28-4)30-17-12(25)9(22)14(6(2-18)29-17)31-16-11(24)7(20)5(19)3-27-16/h4-26H,2-3H2,1H3/t4-,5+,6-,7-,8-,9-,10+,11-,12-,13-,14-,15-,16-,17+/m0/s1. The molecule has 14 heteroatoms. The second kappa shape index (κ2) is 10.1. The van der Waals surface area contributed by atoms with Crippen LogP contribution in [0.15, 0.2) is 0 Å². The lowest BCUT2D eigenvalue weighted by atomic mass is 9.97. The highest BCUT2D eigenvalue weighted by Gasteiger charge is 2.51. The number of hydrogen-bond acceptors (Lipinski definition) is 14. The lowest BCUT2D eigenvalue weighted by molar-refractivity contribution is -0.370. The van der Waals surface area contributed by atoms with Crippen molar-refractivity contribution >= 4 is 0 Å². The third-order valence-electron chi connectivity index (χ3n) is 5.65. The fourth-order valence-corrected chi connectivity index (χ4v) is 3.75. The first-order valence-electron chi connectivity index (χ1n) is 9.85. The van der Waals surface area contributed by atoms with Gasteiger partial charge in [0.2, 0.25) is 0 Å². The highest BCUT2D eigenvalue weighted by atomic mass is 16.7. The third-order valence-corrected chi connectivity index (χ3v) is 5.65. The molecule has 0 radical (unpaired) electrons. The Morgan fingerprint density at radius 3 is 1.94 bits per heavy atom. The molecule has 0 aliphatic carbocycles. The molecule has 0 spiro atoms. The minimum Gasteiger partial charge on any atom is -0.394 e. The van der Waals surface area contributed by atoms with Crippen molar-refractivity contribution in [1.29, 1.82) is 0 Å². The van der Waals surface area contributed by atoms with E-state index < -0.39 is 92.6 Å². The highest BCUT2D eigenvalue weighted by Crippen LogP contribution is 2.31. The average Bonchev–Trinajstić information content (AvgIpc) is 2.74. The molecule has 0 aromatic rings. The molecule has 0 aromatic heterocycles. The summed E-state index contributed by atoms with van der Waals surface area (Å²) in [5, 5.41) is 89.4. The summed E-state index contributed by atoms with van der Waals surface area (Å²) in [5.41, 5.74) is 0. The van der Waals surface area contributed by atoms with Crippen LogP contribution < -0.4 is 0 Å². The lowest BCUT2D eigenvalue weighted by Crippen LogP contribution is -2.65. The van der Waals surface area contributed by atoms with Crippen LogP contribution in [-0.2, 0) is 23.7 Å². The maximum absolute atomic E-state index is 10.5. The van der Waals surface area contributed by atoms with E-state index in [2.05, 4.69) is 0 Å². The number of aliphatic hydroxyl groups excluding tert-OH is 9. The Bertz CT molecular complexity index is 579. The molecule has 0 aromatic carbocycles. The predicted octanol–water partition coefficient (Wildman–Crippen LogP) is -5.91. The van der Waals surface area contributed by atoms with Gasteiger partial charge in [0.25, 0.3) is 0 Å². The Hall–Kier alpha value is -0.560. The maximum atomic E-state index is 10.5. The van der Waals surface area contributed by atoms with Gasteiger partial charge >= 0.3 is 0 Å². The van der Waals surface area contributed by atoms with Crippen molar-refractivity contribution in [3.8, 4) is 0 Å².